The molecule has 0 amide bonds. The number of hydrogen-bond donors (Lipinski definition) is 0. The second kappa shape index (κ2) is 6.72. The van der Waals surface area contributed by atoms with E-state index in [-0.39, 0.29) is 5.92 Å². The van der Waals surface area contributed by atoms with Crippen LogP contribution in [0.25, 0.3) is 5.65 Å². The minimum atomic E-state index is 0.250. The normalized spacial score (nSPS) is 11.9. The van der Waals surface area contributed by atoms with Crippen LogP contribution in [0, 0.1) is 0 Å². The summed E-state index contributed by atoms with van der Waals surface area (Å²) in [6, 6.07) is 11.7. The van der Waals surface area contributed by atoms with Crippen molar-refractivity contribution in [2.75, 3.05) is 6.26 Å². The molecule has 0 saturated carbocycles. The van der Waals surface area contributed by atoms with Crippen LogP contribution in [0.15, 0.2) is 57.7 Å². The number of azo groups is 1. The summed E-state index contributed by atoms with van der Waals surface area (Å²) >= 11 is 7.79. The molecular formula is C17H17ClN4S. The number of imidazole rings is 1. The molecule has 23 heavy (non-hydrogen) atoms. The number of hydrogen-bond acceptors (Lipinski definition) is 4. The smallest absolute Gasteiger partial charge is 0.183 e. The van der Waals surface area contributed by atoms with Crippen molar-refractivity contribution in [3.63, 3.8) is 0 Å². The zero-order valence-corrected chi connectivity index (χ0v) is 14.8. The molecule has 0 saturated heterocycles. The zero-order valence-electron chi connectivity index (χ0n) is 13.2. The Morgan fingerprint density at radius 1 is 1.17 bits per heavy atom. The molecular weight excluding hydrogens is 328 g/mol. The third-order valence-electron chi connectivity index (χ3n) is 3.44. The Balaban J connectivity index is 2.08. The van der Waals surface area contributed by atoms with Crippen LogP contribution in [-0.2, 0) is 0 Å². The first-order chi connectivity index (χ1) is 11.1. The van der Waals surface area contributed by atoms with Crippen molar-refractivity contribution >= 4 is 40.5 Å². The second-order valence-corrected chi connectivity index (χ2v) is 6.77. The second-order valence-electron chi connectivity index (χ2n) is 5.45. The quantitative estimate of drug-likeness (QED) is 0.414. The van der Waals surface area contributed by atoms with Crippen molar-refractivity contribution < 1.29 is 0 Å². The van der Waals surface area contributed by atoms with Gasteiger partial charge in [-0.3, -0.25) is 4.40 Å². The van der Waals surface area contributed by atoms with Gasteiger partial charge in [-0.25, -0.2) is 4.98 Å². The predicted octanol–water partition coefficient (Wildman–Crippen LogP) is 6.25. The summed E-state index contributed by atoms with van der Waals surface area (Å²) in [5.74, 6) is 0.979. The van der Waals surface area contributed by atoms with Crippen LogP contribution in [0.5, 0.6) is 0 Å². The minimum Gasteiger partial charge on any atom is -0.281 e. The van der Waals surface area contributed by atoms with Gasteiger partial charge in [0.15, 0.2) is 5.82 Å². The summed E-state index contributed by atoms with van der Waals surface area (Å²) in [6.07, 6.45) is 3.86. The molecule has 0 aliphatic rings. The lowest BCUT2D eigenvalue weighted by Gasteiger charge is -2.02. The lowest BCUT2D eigenvalue weighted by Crippen LogP contribution is -1.87. The van der Waals surface area contributed by atoms with Gasteiger partial charge in [-0.2, -0.15) is 0 Å². The van der Waals surface area contributed by atoms with Crippen molar-refractivity contribution in [3.8, 4) is 0 Å². The van der Waals surface area contributed by atoms with E-state index >= 15 is 0 Å². The van der Waals surface area contributed by atoms with E-state index in [2.05, 4.69) is 35.1 Å². The molecule has 3 rings (SSSR count). The first kappa shape index (κ1) is 16.0. The van der Waals surface area contributed by atoms with Gasteiger partial charge in [0, 0.05) is 11.1 Å². The summed E-state index contributed by atoms with van der Waals surface area (Å²) in [5.41, 5.74) is 2.56. The monoisotopic (exact) mass is 344 g/mol. The van der Waals surface area contributed by atoms with E-state index in [1.165, 1.54) is 0 Å². The Bertz CT molecular complexity index is 870. The highest BCUT2D eigenvalue weighted by molar-refractivity contribution is 7.98. The highest BCUT2D eigenvalue weighted by Crippen LogP contribution is 2.31. The molecule has 3 aromatic rings. The molecule has 0 spiro atoms. The van der Waals surface area contributed by atoms with Gasteiger partial charge in [-0.15, -0.1) is 22.0 Å². The number of fused-ring (bicyclic) bond motifs is 1. The Labute approximate surface area is 144 Å². The van der Waals surface area contributed by atoms with Crippen LogP contribution in [0.1, 0.15) is 25.5 Å². The van der Waals surface area contributed by atoms with E-state index in [1.54, 1.807) is 11.8 Å². The first-order valence-electron chi connectivity index (χ1n) is 7.32. The molecule has 2 heterocycles. The zero-order chi connectivity index (χ0) is 16.4. The molecule has 0 N–H and O–H groups in total. The number of thioether (sulfide) groups is 1. The van der Waals surface area contributed by atoms with Gasteiger partial charge in [0.05, 0.1) is 16.4 Å². The summed E-state index contributed by atoms with van der Waals surface area (Å²) in [4.78, 5) is 5.80. The van der Waals surface area contributed by atoms with E-state index in [9.17, 15) is 0 Å². The molecule has 118 valence electrons. The lowest BCUT2D eigenvalue weighted by atomic mass is 10.1. The maximum absolute atomic E-state index is 6.11. The van der Waals surface area contributed by atoms with Crippen molar-refractivity contribution in [2.45, 2.75) is 24.7 Å². The van der Waals surface area contributed by atoms with Gasteiger partial charge in [0.1, 0.15) is 5.65 Å². The molecule has 0 bridgehead atoms. The fourth-order valence-corrected chi connectivity index (χ4v) is 2.90. The average Bonchev–Trinajstić information content (AvgIpc) is 2.91. The van der Waals surface area contributed by atoms with Gasteiger partial charge < -0.3 is 0 Å². The molecule has 0 aliphatic carbocycles. The molecule has 0 radical (unpaired) electrons. The molecule has 2 aromatic heterocycles. The highest BCUT2D eigenvalue weighted by Gasteiger charge is 2.15. The lowest BCUT2D eigenvalue weighted by molar-refractivity contribution is 0.831. The molecule has 0 atom stereocenters. The van der Waals surface area contributed by atoms with E-state index in [4.69, 9.17) is 11.6 Å². The number of rotatable bonds is 4. The maximum Gasteiger partial charge on any atom is 0.183 e. The van der Waals surface area contributed by atoms with Crippen LogP contribution in [0.4, 0.5) is 11.5 Å². The molecule has 0 fully saturated rings. The van der Waals surface area contributed by atoms with Crippen LogP contribution in [0.2, 0.25) is 5.02 Å². The van der Waals surface area contributed by atoms with Crippen molar-refractivity contribution in [1.29, 1.82) is 0 Å². The Morgan fingerprint density at radius 3 is 2.74 bits per heavy atom. The average molecular weight is 345 g/mol. The van der Waals surface area contributed by atoms with Crippen molar-refractivity contribution in [2.24, 2.45) is 10.2 Å². The molecule has 4 nitrogen and oxygen atoms in total. The van der Waals surface area contributed by atoms with Gasteiger partial charge in [-0.05, 0) is 42.5 Å². The van der Waals surface area contributed by atoms with Crippen LogP contribution < -0.4 is 0 Å². The third-order valence-corrected chi connectivity index (χ3v) is 4.39. The number of aromatic nitrogens is 2. The fourth-order valence-electron chi connectivity index (χ4n) is 2.29. The van der Waals surface area contributed by atoms with Crippen LogP contribution >= 0.6 is 23.4 Å². The van der Waals surface area contributed by atoms with Crippen LogP contribution in [0.3, 0.4) is 0 Å². The molecule has 0 unspecified atom stereocenters. The maximum atomic E-state index is 6.11. The van der Waals surface area contributed by atoms with Crippen LogP contribution in [-0.4, -0.2) is 15.6 Å². The van der Waals surface area contributed by atoms with E-state index in [0.717, 1.165) is 27.7 Å². The highest BCUT2D eigenvalue weighted by atomic mass is 35.5. The van der Waals surface area contributed by atoms with Gasteiger partial charge in [-0.1, -0.05) is 31.5 Å². The van der Waals surface area contributed by atoms with E-state index in [1.807, 2.05) is 47.2 Å². The fraction of sp³-hybridized carbons (Fsp3) is 0.235. The molecule has 6 heteroatoms. The van der Waals surface area contributed by atoms with Gasteiger partial charge in [0.2, 0.25) is 0 Å². The predicted molar refractivity (Wildman–Crippen MR) is 96.7 cm³/mol. The number of halogens is 1. The van der Waals surface area contributed by atoms with E-state index in [0.29, 0.717) is 5.02 Å². The summed E-state index contributed by atoms with van der Waals surface area (Å²) in [6.45, 7) is 4.19. The Hall–Kier alpha value is -1.85. The molecule has 0 aliphatic heterocycles. The Kier molecular flexibility index (Phi) is 4.68. The van der Waals surface area contributed by atoms with Crippen molar-refractivity contribution in [3.05, 3.63) is 53.3 Å². The minimum absolute atomic E-state index is 0.250. The van der Waals surface area contributed by atoms with Crippen molar-refractivity contribution in [1.82, 2.24) is 9.38 Å². The summed E-state index contributed by atoms with van der Waals surface area (Å²) in [7, 11) is 0. The third kappa shape index (κ3) is 3.41. The largest absolute Gasteiger partial charge is 0.281 e. The topological polar surface area (TPSA) is 42.0 Å². The Morgan fingerprint density at radius 2 is 2.00 bits per heavy atom. The number of benzene rings is 1. The molecule has 1 aromatic carbocycles. The number of nitrogens with zero attached hydrogens (tertiary/aromatic N) is 4. The summed E-state index contributed by atoms with van der Waals surface area (Å²) < 4.78 is 1.89. The van der Waals surface area contributed by atoms with Gasteiger partial charge in [0.25, 0.3) is 0 Å². The standard InChI is InChI=1S/C17H17ClN4S/c1-11(2)16-17(22-10-12(18)7-8-15(22)19-16)21-20-13-5-4-6-14(9-13)23-3/h4-11H,1-3H3. The van der Waals surface area contributed by atoms with E-state index < -0.39 is 0 Å². The number of pyridine rings is 1. The first-order valence-corrected chi connectivity index (χ1v) is 8.92. The van der Waals surface area contributed by atoms with Gasteiger partial charge >= 0.3 is 0 Å². The summed E-state index contributed by atoms with van der Waals surface area (Å²) in [5, 5.41) is 9.49. The SMILES string of the molecule is CSc1cccc(N=Nc2c(C(C)C)nc3ccc(Cl)cn23)c1.